The highest BCUT2D eigenvalue weighted by Crippen LogP contribution is 2.27. The highest BCUT2D eigenvalue weighted by Gasteiger charge is 2.27. The summed E-state index contributed by atoms with van der Waals surface area (Å²) in [5.41, 5.74) is 10.5. The van der Waals surface area contributed by atoms with Crippen molar-refractivity contribution in [2.24, 2.45) is 11.5 Å². The molecule has 1 heterocycles. The zero-order valence-corrected chi connectivity index (χ0v) is 17.4. The molecule has 1 aromatic rings. The van der Waals surface area contributed by atoms with Crippen molar-refractivity contribution in [3.63, 3.8) is 0 Å². The Bertz CT molecular complexity index is 879. The number of nitrogens with one attached hydrogen (secondary N) is 3. The van der Waals surface area contributed by atoms with Crippen molar-refractivity contribution in [1.82, 2.24) is 16.0 Å². The summed E-state index contributed by atoms with van der Waals surface area (Å²) in [7, 11) is 0. The van der Waals surface area contributed by atoms with Gasteiger partial charge in [0.25, 0.3) is 11.6 Å². The van der Waals surface area contributed by atoms with E-state index < -0.39 is 47.2 Å². The maximum Gasteiger partial charge on any atom is 0.270 e. The highest BCUT2D eigenvalue weighted by molar-refractivity contribution is 7.99. The maximum atomic E-state index is 12.9. The molecule has 0 radical (unpaired) electrons. The van der Waals surface area contributed by atoms with Gasteiger partial charge in [0, 0.05) is 22.8 Å². The van der Waals surface area contributed by atoms with Gasteiger partial charge in [-0.05, 0) is 31.9 Å². The predicted octanol–water partition coefficient (Wildman–Crippen LogP) is -0.986. The minimum Gasteiger partial charge on any atom is -0.368 e. The van der Waals surface area contributed by atoms with Crippen LogP contribution in [0.4, 0.5) is 5.69 Å². The van der Waals surface area contributed by atoms with Crippen LogP contribution in [0.1, 0.15) is 29.6 Å². The lowest BCUT2D eigenvalue weighted by Gasteiger charge is -2.19. The first-order chi connectivity index (χ1) is 14.7. The molecule has 0 saturated carbocycles. The molecule has 168 valence electrons. The Balaban J connectivity index is 2.42. The van der Waals surface area contributed by atoms with Gasteiger partial charge in [0.05, 0.1) is 17.0 Å². The van der Waals surface area contributed by atoms with Crippen molar-refractivity contribution in [1.29, 1.82) is 0 Å². The Morgan fingerprint density at radius 3 is 2.61 bits per heavy atom. The fraction of sp³-hybridized carbons (Fsp3) is 0.444. The van der Waals surface area contributed by atoms with Crippen LogP contribution in [0.3, 0.4) is 0 Å². The molecule has 0 fully saturated rings. The smallest absolute Gasteiger partial charge is 0.270 e. The van der Waals surface area contributed by atoms with Gasteiger partial charge in [0.2, 0.25) is 17.7 Å². The molecule has 12 nitrogen and oxygen atoms in total. The van der Waals surface area contributed by atoms with Crippen LogP contribution in [0.15, 0.2) is 23.1 Å². The number of fused-ring (bicyclic) bond motifs is 1. The van der Waals surface area contributed by atoms with Gasteiger partial charge in [-0.2, -0.15) is 0 Å². The van der Waals surface area contributed by atoms with E-state index in [9.17, 15) is 29.3 Å². The van der Waals surface area contributed by atoms with Crippen molar-refractivity contribution in [2.75, 3.05) is 18.8 Å². The Morgan fingerprint density at radius 2 is 1.97 bits per heavy atom. The summed E-state index contributed by atoms with van der Waals surface area (Å²) >= 11 is 1.03. The summed E-state index contributed by atoms with van der Waals surface area (Å²) in [6, 6.07) is 1.66. The molecule has 7 N–H and O–H groups in total. The molecule has 1 aliphatic rings. The predicted molar refractivity (Wildman–Crippen MR) is 112 cm³/mol. The zero-order valence-electron chi connectivity index (χ0n) is 16.6. The average Bonchev–Trinajstić information content (AvgIpc) is 2.73. The Morgan fingerprint density at radius 1 is 1.23 bits per heavy atom. The lowest BCUT2D eigenvalue weighted by molar-refractivity contribution is -0.384. The monoisotopic (exact) mass is 452 g/mol. The molecule has 4 amide bonds. The Kier molecular flexibility index (Phi) is 8.75. The number of unbranched alkanes of at least 4 members (excludes halogenated alkanes) is 1. The lowest BCUT2D eigenvalue weighted by atomic mass is 10.1. The quantitative estimate of drug-likeness (QED) is 0.206. The van der Waals surface area contributed by atoms with Crippen LogP contribution >= 0.6 is 11.8 Å². The third-order valence-corrected chi connectivity index (χ3v) is 5.66. The molecule has 2 rings (SSSR count). The third-order valence-electron chi connectivity index (χ3n) is 4.49. The molecule has 13 heteroatoms. The number of nitrogens with zero attached hydrogens (tertiary/aromatic N) is 1. The number of amides is 4. The van der Waals surface area contributed by atoms with Gasteiger partial charge < -0.3 is 27.4 Å². The van der Waals surface area contributed by atoms with Gasteiger partial charge >= 0.3 is 0 Å². The number of nitrogens with two attached hydrogens (primary N) is 2. The van der Waals surface area contributed by atoms with Crippen LogP contribution in [-0.4, -0.2) is 59.5 Å². The maximum absolute atomic E-state index is 12.9. The van der Waals surface area contributed by atoms with E-state index in [1.807, 2.05) is 0 Å². The van der Waals surface area contributed by atoms with E-state index in [1.165, 1.54) is 12.1 Å². The van der Waals surface area contributed by atoms with Crippen LogP contribution in [0, 0.1) is 10.1 Å². The first kappa shape index (κ1) is 24.1. The van der Waals surface area contributed by atoms with E-state index in [0.29, 0.717) is 24.3 Å². The van der Waals surface area contributed by atoms with E-state index in [1.54, 1.807) is 0 Å². The number of nitro benzene ring substituents is 1. The molecule has 0 aromatic heterocycles. The second kappa shape index (κ2) is 11.3. The summed E-state index contributed by atoms with van der Waals surface area (Å²) in [5.74, 6) is -2.71. The lowest BCUT2D eigenvalue weighted by Crippen LogP contribution is -2.51. The highest BCUT2D eigenvalue weighted by atomic mass is 32.2. The molecule has 1 aromatic carbocycles. The largest absolute Gasteiger partial charge is 0.368 e. The summed E-state index contributed by atoms with van der Waals surface area (Å²) in [4.78, 5) is 60.2. The van der Waals surface area contributed by atoms with Crippen LogP contribution in [0.5, 0.6) is 0 Å². The van der Waals surface area contributed by atoms with Gasteiger partial charge in [-0.1, -0.05) is 0 Å². The minimum atomic E-state index is -1.07. The number of rotatable bonds is 6. The van der Waals surface area contributed by atoms with Gasteiger partial charge in [0.1, 0.15) is 12.1 Å². The Hall–Kier alpha value is -3.19. The standard InChI is InChI=1S/C18H24N6O6S/c19-6-2-1-3-12-18(28)21-8-15(25)22-13(16(20)26)9-31-14-5-4-10(24(29)30)7-11(14)17(27)23-12/h4-5,7,12-13H,1-3,6,8-9,19H2,(H2,20,26)(H,21,28)(H,22,25)(H,23,27)/t12-,13-/m0/s1. The summed E-state index contributed by atoms with van der Waals surface area (Å²) in [5, 5.41) is 18.6. The second-order valence-electron chi connectivity index (χ2n) is 6.80. The fourth-order valence-electron chi connectivity index (χ4n) is 2.84. The van der Waals surface area contributed by atoms with Crippen molar-refractivity contribution in [2.45, 2.75) is 36.2 Å². The van der Waals surface area contributed by atoms with Crippen LogP contribution in [-0.2, 0) is 14.4 Å². The normalized spacial score (nSPS) is 20.1. The molecular formula is C18H24N6O6S. The molecule has 0 bridgehead atoms. The summed E-state index contributed by atoms with van der Waals surface area (Å²) in [6.45, 7) is -0.000174. The van der Waals surface area contributed by atoms with Crippen molar-refractivity contribution < 1.29 is 24.1 Å². The van der Waals surface area contributed by atoms with Crippen molar-refractivity contribution in [3.8, 4) is 0 Å². The number of thioether (sulfide) groups is 1. The molecule has 0 spiro atoms. The number of primary amides is 1. The second-order valence-corrected chi connectivity index (χ2v) is 7.86. The molecular weight excluding hydrogens is 428 g/mol. The third kappa shape index (κ3) is 6.93. The summed E-state index contributed by atoms with van der Waals surface area (Å²) in [6.07, 6.45) is 1.43. The van der Waals surface area contributed by atoms with Gasteiger partial charge in [0.15, 0.2) is 0 Å². The first-order valence-corrected chi connectivity index (χ1v) is 10.5. The number of hydrogen-bond donors (Lipinski definition) is 5. The number of carbonyl (C=O) groups is 4. The van der Waals surface area contributed by atoms with E-state index in [0.717, 1.165) is 17.8 Å². The van der Waals surface area contributed by atoms with Crippen molar-refractivity contribution in [3.05, 3.63) is 33.9 Å². The summed E-state index contributed by atoms with van der Waals surface area (Å²) < 4.78 is 0. The van der Waals surface area contributed by atoms with E-state index in [2.05, 4.69) is 16.0 Å². The van der Waals surface area contributed by atoms with Gasteiger partial charge in [-0.25, -0.2) is 0 Å². The van der Waals surface area contributed by atoms with E-state index in [4.69, 9.17) is 11.5 Å². The number of nitro groups is 1. The van der Waals surface area contributed by atoms with Gasteiger partial charge in [-0.3, -0.25) is 29.3 Å². The van der Waals surface area contributed by atoms with Crippen LogP contribution in [0.2, 0.25) is 0 Å². The number of benzene rings is 1. The minimum absolute atomic E-state index is 0.00691. The first-order valence-electron chi connectivity index (χ1n) is 9.51. The molecule has 0 unspecified atom stereocenters. The topological polar surface area (TPSA) is 200 Å². The molecule has 2 atom stereocenters. The van der Waals surface area contributed by atoms with E-state index >= 15 is 0 Å². The average molecular weight is 452 g/mol. The zero-order chi connectivity index (χ0) is 23.0. The number of carbonyl (C=O) groups excluding carboxylic acids is 4. The van der Waals surface area contributed by atoms with Crippen molar-refractivity contribution >= 4 is 41.1 Å². The van der Waals surface area contributed by atoms with Gasteiger partial charge in [-0.15, -0.1) is 11.8 Å². The molecule has 0 aliphatic carbocycles. The van der Waals surface area contributed by atoms with Crippen LogP contribution in [0.25, 0.3) is 0 Å². The molecule has 1 aliphatic heterocycles. The number of non-ortho nitro benzene ring substituents is 1. The van der Waals surface area contributed by atoms with Crippen LogP contribution < -0.4 is 27.4 Å². The molecule has 31 heavy (non-hydrogen) atoms. The Labute approximate surface area is 182 Å². The SMILES string of the molecule is NCCCC[C@@H]1NC(=O)c2cc([N+](=O)[O-])ccc2SC[C@@H](C(N)=O)NC(=O)CNC1=O. The van der Waals surface area contributed by atoms with E-state index in [-0.39, 0.29) is 23.4 Å². The fourth-order valence-corrected chi connectivity index (χ4v) is 3.90. The molecule has 0 saturated heterocycles. The number of hydrogen-bond acceptors (Lipinski definition) is 8.